The SMILES string of the molecule is CC[C@@]1(O)C(=O)OCc2c1cc1n(c2=O)Cc2c-1nc1cc(F)c3c(c1c2CNC(=O)COCNC(=O)[C@H](C)NC(=O)[C@H](C)NC(=O)[C@H](C)NC(=O)CC[C@H](NC(=O)CCCC#Cc1cnc(S(C)(=O)=O)nc1)C(=O)NCCOCCOCCOCCOCCOCCOCCOCCOC)CCC3. The third kappa shape index (κ3) is 24.5. The van der Waals surface area contributed by atoms with Crippen molar-refractivity contribution >= 4 is 68.1 Å². The van der Waals surface area contributed by atoms with Crippen molar-refractivity contribution in [2.24, 2.45) is 0 Å². The lowest BCUT2D eigenvalue weighted by Gasteiger charge is -2.31. The van der Waals surface area contributed by atoms with Gasteiger partial charge < -0.3 is 94.3 Å². The van der Waals surface area contributed by atoms with Crippen LogP contribution in [-0.2, 0) is 134 Å². The van der Waals surface area contributed by atoms with Gasteiger partial charge >= 0.3 is 5.97 Å². The van der Waals surface area contributed by atoms with Gasteiger partial charge in [0, 0.05) is 80.7 Å². The molecule has 3 aromatic heterocycles. The molecule has 7 rings (SSSR count). The molecule has 7 amide bonds. The van der Waals surface area contributed by atoms with E-state index in [1.165, 1.54) is 43.8 Å². The molecule has 0 radical (unpaired) electrons. The molecule has 0 bridgehead atoms. The average Bonchev–Trinajstić information content (AvgIpc) is 1.53. The minimum absolute atomic E-state index is 0.0313. The number of amides is 7. The second kappa shape index (κ2) is 41.8. The number of carbonyl (C=O) groups is 8. The number of sulfone groups is 1. The van der Waals surface area contributed by atoms with Crippen LogP contribution in [0.4, 0.5) is 4.39 Å². The Morgan fingerprint density at radius 1 is 0.683 bits per heavy atom. The van der Waals surface area contributed by atoms with E-state index in [0.29, 0.717) is 143 Å². The number of methoxy groups -OCH3 is 1. The number of ether oxygens (including phenoxy) is 10. The van der Waals surface area contributed by atoms with Crippen molar-refractivity contribution in [3.05, 3.63) is 79.6 Å². The number of carbonyl (C=O) groups excluding carboxylic acids is 8. The van der Waals surface area contributed by atoms with E-state index < -0.39 is 112 Å². The highest BCUT2D eigenvalue weighted by molar-refractivity contribution is 7.90. The van der Waals surface area contributed by atoms with E-state index in [2.05, 4.69) is 59.0 Å². The first kappa shape index (κ1) is 82.7. The Morgan fingerprint density at radius 2 is 1.25 bits per heavy atom. The molecule has 5 heterocycles. The van der Waals surface area contributed by atoms with Crippen LogP contribution in [0.25, 0.3) is 22.3 Å². The van der Waals surface area contributed by atoms with Gasteiger partial charge in [0.25, 0.3) is 5.56 Å². The molecule has 1 aliphatic carbocycles. The number of unbranched alkanes of at least 4 members (excludes halogenated alkanes) is 1. The number of cyclic esters (lactones) is 1. The number of hydrogen-bond acceptors (Lipinski definition) is 25. The highest BCUT2D eigenvalue weighted by atomic mass is 32.2. The summed E-state index contributed by atoms with van der Waals surface area (Å²) in [7, 11) is -1.99. The Morgan fingerprint density at radius 3 is 1.85 bits per heavy atom. The van der Waals surface area contributed by atoms with Crippen LogP contribution in [0.2, 0.25) is 0 Å². The normalized spacial score (nSPS) is 15.4. The zero-order valence-corrected chi connectivity index (χ0v) is 60.2. The van der Waals surface area contributed by atoms with E-state index in [4.69, 9.17) is 52.4 Å². The number of aliphatic hydroxyl groups is 1. The van der Waals surface area contributed by atoms with Crippen molar-refractivity contribution in [2.75, 3.05) is 132 Å². The molecule has 3 aliphatic rings. The molecule has 0 unspecified atom stereocenters. The number of nitrogens with zero attached hydrogens (tertiary/aromatic N) is 4. The number of aryl methyl sites for hydroxylation is 1. The number of aromatic nitrogens is 4. The Kier molecular flexibility index (Phi) is 33.3. The molecule has 570 valence electrons. The first-order valence-corrected chi connectivity index (χ1v) is 36.3. The number of rotatable bonds is 46. The van der Waals surface area contributed by atoms with E-state index in [0.717, 1.165) is 11.8 Å². The Balaban J connectivity index is 0.796. The molecule has 0 saturated carbocycles. The fourth-order valence-electron chi connectivity index (χ4n) is 11.3. The van der Waals surface area contributed by atoms with Crippen molar-refractivity contribution in [3.63, 3.8) is 0 Å². The average molecular weight is 1480 g/mol. The Hall–Kier alpha value is -8.54. The van der Waals surface area contributed by atoms with Gasteiger partial charge in [0.1, 0.15) is 49.9 Å². The van der Waals surface area contributed by atoms with Gasteiger partial charge in [0.05, 0.1) is 134 Å². The molecule has 4 aromatic rings. The van der Waals surface area contributed by atoms with E-state index >= 15 is 4.39 Å². The third-order valence-electron chi connectivity index (χ3n) is 16.9. The highest BCUT2D eigenvalue weighted by Crippen LogP contribution is 2.43. The quantitative estimate of drug-likeness (QED) is 0.00799. The van der Waals surface area contributed by atoms with Crippen LogP contribution in [0.5, 0.6) is 0 Å². The van der Waals surface area contributed by atoms with E-state index in [9.17, 15) is 56.7 Å². The number of halogens is 1. The van der Waals surface area contributed by atoms with Crippen LogP contribution in [-0.4, -0.2) is 237 Å². The van der Waals surface area contributed by atoms with Crippen LogP contribution in [0.15, 0.2) is 34.5 Å². The van der Waals surface area contributed by atoms with Crippen molar-refractivity contribution in [3.8, 4) is 23.2 Å². The zero-order chi connectivity index (χ0) is 75.2. The van der Waals surface area contributed by atoms with Gasteiger partial charge in [-0.25, -0.2) is 32.6 Å². The van der Waals surface area contributed by atoms with Gasteiger partial charge in [-0.1, -0.05) is 18.8 Å². The van der Waals surface area contributed by atoms with Crippen LogP contribution in [0.3, 0.4) is 0 Å². The van der Waals surface area contributed by atoms with Crippen LogP contribution >= 0.6 is 0 Å². The summed E-state index contributed by atoms with van der Waals surface area (Å²) in [6.07, 6.45) is 5.17. The first-order valence-electron chi connectivity index (χ1n) is 34.4. The van der Waals surface area contributed by atoms with Crippen molar-refractivity contribution in [1.29, 1.82) is 0 Å². The van der Waals surface area contributed by atoms with Crippen molar-refractivity contribution in [2.45, 2.75) is 140 Å². The smallest absolute Gasteiger partial charge is 0.343 e. The minimum atomic E-state index is -3.60. The lowest BCUT2D eigenvalue weighted by Crippen LogP contribution is -2.54. The molecule has 0 fully saturated rings. The molecule has 0 saturated heterocycles. The summed E-state index contributed by atoms with van der Waals surface area (Å²) in [6, 6.07) is -1.87. The fourth-order valence-corrected chi connectivity index (χ4v) is 11.8. The summed E-state index contributed by atoms with van der Waals surface area (Å²) in [5, 5.41) is 29.8. The number of esters is 1. The molecular weight excluding hydrogens is 1390 g/mol. The van der Waals surface area contributed by atoms with Gasteiger partial charge in [0.2, 0.25) is 56.3 Å². The van der Waals surface area contributed by atoms with E-state index in [-0.39, 0.29) is 101 Å². The Bertz CT molecular complexity index is 3890. The summed E-state index contributed by atoms with van der Waals surface area (Å²) in [5.74, 6) is -0.252. The predicted molar refractivity (Wildman–Crippen MR) is 368 cm³/mol. The summed E-state index contributed by atoms with van der Waals surface area (Å²) in [6.45, 7) is 10.1. The third-order valence-corrected chi connectivity index (χ3v) is 17.7. The van der Waals surface area contributed by atoms with E-state index in [1.54, 1.807) is 20.1 Å². The molecule has 0 spiro atoms. The summed E-state index contributed by atoms with van der Waals surface area (Å²) in [4.78, 5) is 132. The molecule has 104 heavy (non-hydrogen) atoms. The lowest BCUT2D eigenvalue weighted by molar-refractivity contribution is -0.172. The largest absolute Gasteiger partial charge is 0.458 e. The molecule has 2 aliphatic heterocycles. The predicted octanol–water partition coefficient (Wildman–Crippen LogP) is -0.513. The molecular formula is C69H94FN11O22S. The topological polar surface area (TPSA) is 428 Å². The van der Waals surface area contributed by atoms with Gasteiger partial charge in [-0.05, 0) is 82.1 Å². The van der Waals surface area contributed by atoms with Crippen molar-refractivity contribution < 1.29 is 104 Å². The monoisotopic (exact) mass is 1480 g/mol. The number of benzene rings is 1. The first-order chi connectivity index (χ1) is 49.9. The minimum Gasteiger partial charge on any atom is -0.458 e. The van der Waals surface area contributed by atoms with Gasteiger partial charge in [-0.2, -0.15) is 0 Å². The number of fused-ring (bicyclic) bond motifs is 7. The molecule has 33 nitrogen and oxygen atoms in total. The van der Waals surface area contributed by atoms with Crippen LogP contribution in [0, 0.1) is 17.7 Å². The maximum Gasteiger partial charge on any atom is 0.343 e. The lowest BCUT2D eigenvalue weighted by atomic mass is 9.86. The maximum atomic E-state index is 15.6. The highest BCUT2D eigenvalue weighted by Gasteiger charge is 2.46. The molecule has 1 aromatic carbocycles. The summed E-state index contributed by atoms with van der Waals surface area (Å²) < 4.78 is 94.3. The summed E-state index contributed by atoms with van der Waals surface area (Å²) >= 11 is 0. The van der Waals surface area contributed by atoms with Crippen LogP contribution in [0.1, 0.15) is 112 Å². The van der Waals surface area contributed by atoms with Gasteiger partial charge in [-0.3, -0.25) is 38.4 Å². The van der Waals surface area contributed by atoms with Crippen LogP contribution < -0.4 is 42.8 Å². The van der Waals surface area contributed by atoms with Gasteiger partial charge in [-0.15, -0.1) is 0 Å². The summed E-state index contributed by atoms with van der Waals surface area (Å²) in [5.41, 5.74) is 1.47. The van der Waals surface area contributed by atoms with Crippen molar-refractivity contribution in [1.82, 2.24) is 56.7 Å². The fraction of sp³-hybridized carbons (Fsp3) is 0.594. The molecule has 8 N–H and O–H groups in total. The second-order valence-corrected chi connectivity index (χ2v) is 26.5. The number of pyridine rings is 2. The Labute approximate surface area is 601 Å². The zero-order valence-electron chi connectivity index (χ0n) is 59.4. The maximum absolute atomic E-state index is 15.6. The van der Waals surface area contributed by atoms with E-state index in [1.807, 2.05) is 0 Å². The standard InChI is InChI=1S/C69H94FN11O22S/c1-7-69(91)52-34-56-61-50(39-81(56)66(89)51(52)40-103-67(69)90)49(60-48-14-11-13-47(48)53(70)35-55(60)80-61)38-72-59(84)41-102-42-75-62(85)43(2)77-64(87)45(4)78-63(86)44(3)76-58(83)17-16-54(79-57(82)15-10-8-9-12-46-36-73-68(74-37-46)104(6,92)93)65(88)71-18-19-95-22-23-97-26-27-99-30-31-101-33-32-100-29-28-98-25-24-96-21-20-94-5/h34-37,43-45,54,91H,7-8,10-11,13-33,38-42H2,1-6H3,(H,71,88)(H,72,84)(H,75,85)(H,76,83)(H,77,87)(H,78,86)(H,79,82)/t43-,44-,45-,54-,69-/m0/s1. The van der Waals surface area contributed by atoms with Gasteiger partial charge in [0.15, 0.2) is 5.60 Å². The number of hydrogen-bond donors (Lipinski definition) is 8. The molecule has 35 heteroatoms. The number of nitrogens with one attached hydrogen (secondary N) is 7. The second-order valence-electron chi connectivity index (χ2n) is 24.6. The molecule has 5 atom stereocenters.